The van der Waals surface area contributed by atoms with Gasteiger partial charge in [-0.2, -0.15) is 0 Å². The molecular weight excluding hydrogens is 852 g/mol. The number of carboxylic acids is 1. The van der Waals surface area contributed by atoms with Gasteiger partial charge in [0, 0.05) is 37.0 Å². The number of ether oxygens (including phenoxy) is 1. The maximum atomic E-state index is 13.9. The van der Waals surface area contributed by atoms with Gasteiger partial charge in [0.1, 0.15) is 12.1 Å². The first-order valence-corrected chi connectivity index (χ1v) is 22.8. The average molecular weight is 921 g/mol. The fourth-order valence-corrected chi connectivity index (χ4v) is 8.69. The molecule has 4 atom stereocenters. The largest absolute Gasteiger partial charge is 1.00 e. The molecule has 0 radical (unpaired) electrons. The quantitative estimate of drug-likeness (QED) is 0.126. The monoisotopic (exact) mass is 921 g/mol. The molecule has 12 nitrogen and oxygen atoms in total. The third kappa shape index (κ3) is 16.2. The number of carboxylic acid groups (broad SMARTS) is 1. The third-order valence-corrected chi connectivity index (χ3v) is 12.2. The minimum absolute atomic E-state index is 0. The Kier molecular flexibility index (Phi) is 25.1. The molecule has 4 aromatic rings. The van der Waals surface area contributed by atoms with E-state index in [1.807, 2.05) is 149 Å². The molecule has 0 unspecified atom stereocenters. The van der Waals surface area contributed by atoms with Crippen molar-refractivity contribution >= 4 is 23.8 Å². The Balaban J connectivity index is 0.000000447. The van der Waals surface area contributed by atoms with Gasteiger partial charge in [-0.3, -0.25) is 19.4 Å². The van der Waals surface area contributed by atoms with E-state index in [2.05, 4.69) is 47.3 Å². The molecule has 4 aromatic carbocycles. The van der Waals surface area contributed by atoms with Crippen molar-refractivity contribution in [2.75, 3.05) is 47.4 Å². The Morgan fingerprint density at radius 3 is 1.21 bits per heavy atom. The number of rotatable bonds is 12. The normalized spacial score (nSPS) is 17.5. The fourth-order valence-electron chi connectivity index (χ4n) is 8.69. The van der Waals surface area contributed by atoms with Crippen molar-refractivity contribution in [3.05, 3.63) is 144 Å². The summed E-state index contributed by atoms with van der Waals surface area (Å²) in [6.07, 6.45) is 2.45. The van der Waals surface area contributed by atoms with E-state index in [0.29, 0.717) is 50.9 Å². The van der Waals surface area contributed by atoms with Crippen LogP contribution < -0.4 is 18.9 Å². The van der Waals surface area contributed by atoms with E-state index >= 15 is 0 Å². The Labute approximate surface area is 416 Å². The van der Waals surface area contributed by atoms with Crippen molar-refractivity contribution in [3.63, 3.8) is 0 Å². The van der Waals surface area contributed by atoms with E-state index in [1.54, 1.807) is 9.80 Å². The topological polar surface area (TPSA) is 172 Å². The zero-order valence-corrected chi connectivity index (χ0v) is 41.0. The van der Waals surface area contributed by atoms with Gasteiger partial charge in [0.15, 0.2) is 0 Å². The zero-order chi connectivity index (χ0) is 46.9. The van der Waals surface area contributed by atoms with Crippen LogP contribution in [0.3, 0.4) is 0 Å². The van der Waals surface area contributed by atoms with E-state index in [4.69, 9.17) is 4.74 Å². The smallest absolute Gasteiger partial charge is 0.870 e. The van der Waals surface area contributed by atoms with Crippen LogP contribution in [0.1, 0.15) is 87.5 Å². The van der Waals surface area contributed by atoms with E-state index in [1.165, 1.54) is 7.11 Å². The molecule has 0 bridgehead atoms. The summed E-state index contributed by atoms with van der Waals surface area (Å²) in [4.78, 5) is 60.3. The van der Waals surface area contributed by atoms with Crippen LogP contribution in [0.2, 0.25) is 0 Å². The summed E-state index contributed by atoms with van der Waals surface area (Å²) in [5.74, 6) is 10.8. The first-order chi connectivity index (χ1) is 31.3. The number of methoxy groups -OCH3 is 1. The van der Waals surface area contributed by atoms with Crippen LogP contribution in [0.5, 0.6) is 0 Å². The molecule has 0 aromatic heterocycles. The summed E-state index contributed by atoms with van der Waals surface area (Å²) in [6.45, 7) is 10.4. The number of hydrogen-bond acceptors (Lipinski definition) is 8. The third-order valence-electron chi connectivity index (χ3n) is 12.2. The second-order valence-corrected chi connectivity index (χ2v) is 17.6. The van der Waals surface area contributed by atoms with Gasteiger partial charge >= 0.3 is 30.8 Å². The number of piperidine rings is 2. The molecule has 2 saturated heterocycles. The molecule has 358 valence electrons. The van der Waals surface area contributed by atoms with Crippen LogP contribution in [0, 0.1) is 35.5 Å². The summed E-state index contributed by atoms with van der Waals surface area (Å²) in [5.41, 5.74) is 3.58. The maximum absolute atomic E-state index is 13.9. The van der Waals surface area contributed by atoms with Gasteiger partial charge < -0.3 is 30.6 Å². The van der Waals surface area contributed by atoms with Gasteiger partial charge in [0.25, 0.3) is 0 Å². The standard InChI is InChI=1S/C28H34N2O3.C27H32N2O3.Li.2H2O/c1-21(2)12-11-18-29(3)24-17-19-30(25(20-24)28(32)33-4)27(31)26(22-13-7-5-8-14-22)23-15-9-6-10-16-23;1-20(2)11-10-17-28(3)23-16-18-29(24(19-23)27(31)32)26(30)25(21-12-6-4-7-13-21)22-14-8-5-9-15-22;;;/h5-10,13-16,21,24-26H,17-20H2,1-4H3;4-9,12-15,20,23-25H,16-19H2,1-3H3,(H,31,32);;2*1H2/q;;+1;;/p-1/t24-,25+;23-,24+;;;/m11.../s1. The number of nitrogens with zero attached hydrogens (tertiary/aromatic N) is 4. The van der Waals surface area contributed by atoms with Gasteiger partial charge in [-0.05, 0) is 62.0 Å². The maximum Gasteiger partial charge on any atom is 1.00 e. The summed E-state index contributed by atoms with van der Waals surface area (Å²) in [6, 6.07) is 37.5. The molecule has 68 heavy (non-hydrogen) atoms. The number of amides is 2. The molecule has 2 heterocycles. The molecule has 0 spiro atoms. The van der Waals surface area contributed by atoms with Crippen LogP contribution in [0.4, 0.5) is 0 Å². The Hall–Kier alpha value is -5.68. The second kappa shape index (κ2) is 29.3. The number of carbonyl (C=O) groups excluding carboxylic acids is 3. The van der Waals surface area contributed by atoms with Crippen molar-refractivity contribution in [1.29, 1.82) is 0 Å². The zero-order valence-electron chi connectivity index (χ0n) is 41.0. The van der Waals surface area contributed by atoms with E-state index in [-0.39, 0.29) is 59.7 Å². The Morgan fingerprint density at radius 1 is 0.603 bits per heavy atom. The number of esters is 1. The van der Waals surface area contributed by atoms with E-state index in [9.17, 15) is 24.3 Å². The molecule has 2 amide bonds. The number of hydrogen-bond donors (Lipinski definition) is 1. The summed E-state index contributed by atoms with van der Waals surface area (Å²) in [5, 5.41) is 9.99. The molecular formula is C55H69LiN4O8. The predicted octanol–water partition coefficient (Wildman–Crippen LogP) is 3.80. The average Bonchev–Trinajstić information content (AvgIpc) is 3.32. The summed E-state index contributed by atoms with van der Waals surface area (Å²) >= 11 is 0. The first-order valence-electron chi connectivity index (χ1n) is 22.8. The van der Waals surface area contributed by atoms with Crippen LogP contribution >= 0.6 is 0 Å². The van der Waals surface area contributed by atoms with E-state index < -0.39 is 29.9 Å². The number of aliphatic carboxylic acids is 1. The van der Waals surface area contributed by atoms with Gasteiger partial charge in [-0.1, -0.05) is 173 Å². The number of carbonyl (C=O) groups is 4. The van der Waals surface area contributed by atoms with E-state index in [0.717, 1.165) is 35.1 Å². The van der Waals surface area contributed by atoms with Crippen molar-refractivity contribution in [3.8, 4) is 23.7 Å². The second-order valence-electron chi connectivity index (χ2n) is 17.6. The van der Waals surface area contributed by atoms with Crippen LogP contribution in [0.15, 0.2) is 121 Å². The molecule has 6 rings (SSSR count). The molecule has 2 aliphatic heterocycles. The van der Waals surface area contributed by atoms with Crippen LogP contribution in [-0.2, 0) is 23.9 Å². The van der Waals surface area contributed by atoms with Gasteiger partial charge in [-0.25, -0.2) is 9.59 Å². The SMILES string of the molecule is CC(C)C#CCN(C)[C@@H]1CCN(C(=O)C(c2ccccc2)c2ccccc2)[C@H](C(=O)O)C1.COC(=O)[C@@H]1C[C@H](N(C)CC#CC(C)C)CCN1C(=O)C(c1ccccc1)c1ccccc1.O.[Li+].[OH-]. The number of benzene rings is 4. The van der Waals surface area contributed by atoms with Crippen LogP contribution in [0.25, 0.3) is 0 Å². The summed E-state index contributed by atoms with van der Waals surface area (Å²) < 4.78 is 5.12. The molecule has 13 heteroatoms. The predicted molar refractivity (Wildman–Crippen MR) is 262 cm³/mol. The van der Waals surface area contributed by atoms with Crippen molar-refractivity contribution in [2.45, 2.75) is 89.4 Å². The summed E-state index contributed by atoms with van der Waals surface area (Å²) in [7, 11) is 5.40. The molecule has 2 fully saturated rings. The van der Waals surface area contributed by atoms with Crippen molar-refractivity contribution in [2.24, 2.45) is 11.8 Å². The fraction of sp³-hybridized carbons (Fsp3) is 0.418. The first kappa shape index (κ1) is 58.4. The molecule has 4 N–H and O–H groups in total. The van der Waals surface area contributed by atoms with Gasteiger partial charge in [0.2, 0.25) is 11.8 Å². The van der Waals surface area contributed by atoms with Crippen molar-refractivity contribution in [1.82, 2.24) is 19.6 Å². The number of likely N-dealkylation sites (tertiary alicyclic amines) is 2. The van der Waals surface area contributed by atoms with Crippen molar-refractivity contribution < 1.29 is 58.8 Å². The molecule has 0 aliphatic carbocycles. The van der Waals surface area contributed by atoms with Gasteiger partial charge in [-0.15, -0.1) is 0 Å². The minimum atomic E-state index is -0.954. The molecule has 0 saturated carbocycles. The van der Waals surface area contributed by atoms with Gasteiger partial charge in [0.05, 0.1) is 32.0 Å². The minimum Gasteiger partial charge on any atom is -0.870 e. The Morgan fingerprint density at radius 2 is 0.912 bits per heavy atom. The molecule has 2 aliphatic rings. The Bertz CT molecular complexity index is 2200. The van der Waals surface area contributed by atoms with Crippen LogP contribution in [-0.4, -0.2) is 131 Å².